The van der Waals surface area contributed by atoms with Gasteiger partial charge in [0.1, 0.15) is 6.10 Å². The fourth-order valence-electron chi connectivity index (χ4n) is 4.01. The summed E-state index contributed by atoms with van der Waals surface area (Å²) in [5.74, 6) is 0. The van der Waals surface area contributed by atoms with Gasteiger partial charge in [0.15, 0.2) is 0 Å². The number of nitrogens with one attached hydrogen (secondary N) is 1. The molecule has 28 heavy (non-hydrogen) atoms. The average Bonchev–Trinajstić information content (AvgIpc) is 2.69. The first kappa shape index (κ1) is 22.7. The summed E-state index contributed by atoms with van der Waals surface area (Å²) < 4.78 is 5.71. The van der Waals surface area contributed by atoms with Gasteiger partial charge < -0.3 is 9.84 Å². The minimum atomic E-state index is -0.0866. The Balaban J connectivity index is 1.77. The number of likely N-dealkylation sites (tertiary alicyclic amines) is 1. The van der Waals surface area contributed by atoms with Crippen molar-refractivity contribution >= 4 is 11.8 Å². The smallest absolute Gasteiger partial charge is 0.430 e. The molecule has 1 saturated heterocycles. The highest BCUT2D eigenvalue weighted by molar-refractivity contribution is 5.59. The number of benzene rings is 1. The summed E-state index contributed by atoms with van der Waals surface area (Å²) >= 11 is 0. The summed E-state index contributed by atoms with van der Waals surface area (Å²) in [6, 6.07) is 8.23. The number of para-hydroxylation sites is 1. The van der Waals surface area contributed by atoms with E-state index in [2.05, 4.69) is 28.9 Å². The van der Waals surface area contributed by atoms with Gasteiger partial charge in [-0.25, -0.2) is 0 Å². The summed E-state index contributed by atoms with van der Waals surface area (Å²) in [6.07, 6.45) is 14.0. The second kappa shape index (κ2) is 13.6. The number of hydrogen-bond acceptors (Lipinski definition) is 2. The predicted molar refractivity (Wildman–Crippen MR) is 117 cm³/mol. The molecule has 0 aromatic heterocycles. The Labute approximate surface area is 172 Å². The molecule has 1 aromatic rings. The van der Waals surface area contributed by atoms with Crippen molar-refractivity contribution in [2.24, 2.45) is 0 Å². The third-order valence-corrected chi connectivity index (χ3v) is 5.59. The first-order valence-electron chi connectivity index (χ1n) is 11.5. The van der Waals surface area contributed by atoms with Gasteiger partial charge in [0.2, 0.25) is 5.69 Å². The van der Waals surface area contributed by atoms with Gasteiger partial charge in [0.25, 0.3) is 0 Å². The van der Waals surface area contributed by atoms with Crippen LogP contribution < -0.4 is 4.99 Å². The van der Waals surface area contributed by atoms with E-state index in [-0.39, 0.29) is 12.2 Å². The fourth-order valence-corrected chi connectivity index (χ4v) is 4.01. The summed E-state index contributed by atoms with van der Waals surface area (Å²) in [7, 11) is 0. The van der Waals surface area contributed by atoms with Gasteiger partial charge in [0, 0.05) is 18.2 Å². The molecule has 158 valence electrons. The molecule has 1 fully saturated rings. The topological polar surface area (TPSA) is 46.7 Å². The number of ether oxygens (including phenoxy) is 1. The van der Waals surface area contributed by atoms with E-state index >= 15 is 0 Å². The molecule has 0 saturated carbocycles. The molecule has 2 rings (SSSR count). The molecular weight excluding hydrogens is 348 g/mol. The van der Waals surface area contributed by atoms with Crippen LogP contribution in [-0.2, 0) is 11.2 Å². The van der Waals surface area contributed by atoms with Gasteiger partial charge in [-0.2, -0.15) is 0 Å². The summed E-state index contributed by atoms with van der Waals surface area (Å²) in [5.41, 5.74) is 2.20. The Bertz CT molecular complexity index is 567. The number of nitrogens with zero attached hydrogens (tertiary/aromatic N) is 1. The monoisotopic (exact) mass is 389 g/mol. The number of aliphatic hydroxyl groups is 1. The number of piperidine rings is 1. The number of rotatable bonds is 12. The lowest BCUT2D eigenvalue weighted by molar-refractivity contribution is -0.384. The highest BCUT2D eigenvalue weighted by Gasteiger charge is 2.18. The Morgan fingerprint density at radius 1 is 1.04 bits per heavy atom. The zero-order chi connectivity index (χ0) is 20.0. The van der Waals surface area contributed by atoms with E-state index in [1.165, 1.54) is 69.8 Å². The molecule has 1 aromatic carbocycles. The van der Waals surface area contributed by atoms with E-state index < -0.39 is 0 Å². The minimum Gasteiger partial charge on any atom is -0.430 e. The van der Waals surface area contributed by atoms with Crippen LogP contribution >= 0.6 is 0 Å². The van der Waals surface area contributed by atoms with E-state index in [1.807, 2.05) is 19.1 Å². The lowest BCUT2D eigenvalue weighted by atomic mass is 10.0. The molecule has 0 radical (unpaired) electrons. The van der Waals surface area contributed by atoms with Gasteiger partial charge in [-0.15, -0.1) is 4.99 Å². The molecule has 0 aliphatic carbocycles. The van der Waals surface area contributed by atoms with Crippen LogP contribution in [0.5, 0.6) is 0 Å². The molecular formula is C24H41N2O2+. The third-order valence-electron chi connectivity index (χ3n) is 5.59. The van der Waals surface area contributed by atoms with Crippen LogP contribution in [0.2, 0.25) is 0 Å². The van der Waals surface area contributed by atoms with E-state index in [1.54, 1.807) is 0 Å². The lowest BCUT2D eigenvalue weighted by Gasteiger charge is -2.28. The molecule has 0 amide bonds. The van der Waals surface area contributed by atoms with E-state index in [0.29, 0.717) is 0 Å². The number of aliphatic hydroxyl groups excluding tert-OH is 1. The number of aryl methyl sites for hydroxylation is 1. The largest absolute Gasteiger partial charge is 0.551 e. The average molecular weight is 390 g/mol. The molecule has 4 heteroatoms. The van der Waals surface area contributed by atoms with Crippen LogP contribution in [0.15, 0.2) is 24.3 Å². The predicted octanol–water partition coefficient (Wildman–Crippen LogP) is 4.50. The lowest BCUT2D eigenvalue weighted by Crippen LogP contribution is -2.68. The summed E-state index contributed by atoms with van der Waals surface area (Å²) in [6.45, 7) is 7.43. The van der Waals surface area contributed by atoms with Crippen molar-refractivity contribution in [1.29, 1.82) is 0 Å². The molecule has 1 aliphatic heterocycles. The van der Waals surface area contributed by atoms with Crippen LogP contribution in [-0.4, -0.2) is 41.8 Å². The zero-order valence-corrected chi connectivity index (χ0v) is 18.1. The highest BCUT2D eigenvalue weighted by Crippen LogP contribution is 2.15. The van der Waals surface area contributed by atoms with Crippen LogP contribution in [0, 0.1) is 0 Å². The van der Waals surface area contributed by atoms with E-state index in [9.17, 15) is 5.11 Å². The number of hydrogen-bond donors (Lipinski definition) is 2. The zero-order valence-electron chi connectivity index (χ0n) is 18.1. The van der Waals surface area contributed by atoms with Gasteiger partial charge in [-0.3, -0.25) is 4.90 Å². The molecule has 0 bridgehead atoms. The molecule has 0 unspecified atom stereocenters. The van der Waals surface area contributed by atoms with E-state index in [0.717, 1.165) is 31.7 Å². The van der Waals surface area contributed by atoms with Crippen LogP contribution in [0.1, 0.15) is 83.6 Å². The minimum absolute atomic E-state index is 0.0270. The second-order valence-corrected chi connectivity index (χ2v) is 8.25. The fraction of sp³-hybridized carbons (Fsp3) is 0.708. The molecule has 1 aliphatic rings. The van der Waals surface area contributed by atoms with Crippen molar-refractivity contribution in [3.8, 4) is 0 Å². The normalized spacial score (nSPS) is 16.9. The summed E-state index contributed by atoms with van der Waals surface area (Å²) in [4.78, 5) is 5.51. The Kier molecular flexibility index (Phi) is 11.0. The third kappa shape index (κ3) is 9.09. The molecule has 1 atom stereocenters. The molecule has 2 N–H and O–H groups in total. The summed E-state index contributed by atoms with van der Waals surface area (Å²) in [5, 5.41) is 10.3. The Morgan fingerprint density at radius 3 is 2.46 bits per heavy atom. The Hall–Kier alpha value is -1.55. The SMILES string of the molecule is CCCCCCCCCc1ccccc1[NH+]=C(O)O[C@@H](C)CN1CCCCC1. The standard InChI is InChI=1S/C24H40N2O2/c1-3-4-5-6-7-8-10-15-22-16-11-12-17-23(22)25-24(27)28-21(2)20-26-18-13-9-14-19-26/h11-12,16-17,21H,3-10,13-15,18-20H2,1-2H3,(H,25,27)/p+1/t21-/m0/s1. The molecule has 4 nitrogen and oxygen atoms in total. The first-order valence-corrected chi connectivity index (χ1v) is 11.5. The van der Waals surface area contributed by atoms with Crippen molar-refractivity contribution in [3.05, 3.63) is 29.8 Å². The maximum absolute atomic E-state index is 10.3. The van der Waals surface area contributed by atoms with Crippen molar-refractivity contribution in [2.75, 3.05) is 19.6 Å². The first-order chi connectivity index (χ1) is 13.7. The Morgan fingerprint density at radius 2 is 1.71 bits per heavy atom. The molecule has 1 heterocycles. The van der Waals surface area contributed by atoms with Crippen molar-refractivity contribution in [2.45, 2.75) is 90.6 Å². The molecule has 0 spiro atoms. The van der Waals surface area contributed by atoms with Crippen LogP contribution in [0.4, 0.5) is 5.69 Å². The van der Waals surface area contributed by atoms with Gasteiger partial charge >= 0.3 is 6.08 Å². The van der Waals surface area contributed by atoms with Crippen LogP contribution in [0.25, 0.3) is 0 Å². The highest BCUT2D eigenvalue weighted by atomic mass is 16.6. The second-order valence-electron chi connectivity index (χ2n) is 8.25. The van der Waals surface area contributed by atoms with Crippen molar-refractivity contribution in [3.63, 3.8) is 0 Å². The van der Waals surface area contributed by atoms with Crippen molar-refractivity contribution in [1.82, 2.24) is 4.90 Å². The van der Waals surface area contributed by atoms with Gasteiger partial charge in [0.05, 0.1) is 0 Å². The number of unbranched alkanes of at least 4 members (excludes halogenated alkanes) is 6. The van der Waals surface area contributed by atoms with E-state index in [4.69, 9.17) is 4.74 Å². The maximum Gasteiger partial charge on any atom is 0.551 e. The maximum atomic E-state index is 10.3. The van der Waals surface area contributed by atoms with Gasteiger partial charge in [-0.1, -0.05) is 70.1 Å². The van der Waals surface area contributed by atoms with Crippen molar-refractivity contribution < 1.29 is 14.8 Å². The van der Waals surface area contributed by atoms with Gasteiger partial charge in [-0.05, 0) is 45.7 Å². The van der Waals surface area contributed by atoms with Crippen LogP contribution in [0.3, 0.4) is 0 Å². The quantitative estimate of drug-likeness (QED) is 0.314.